The summed E-state index contributed by atoms with van der Waals surface area (Å²) in [6.45, 7) is 3.60. The molecule has 0 saturated heterocycles. The van der Waals surface area contributed by atoms with Crippen LogP contribution in [0.15, 0.2) is 48.7 Å². The molecule has 41 heavy (non-hydrogen) atoms. The number of anilines is 1. The van der Waals surface area contributed by atoms with Gasteiger partial charge >= 0.3 is 5.97 Å². The number of hydrogen-bond acceptors (Lipinski definition) is 7. The summed E-state index contributed by atoms with van der Waals surface area (Å²) in [5.74, 6) is -1.60. The molecule has 12 nitrogen and oxygen atoms in total. The number of aromatic carboxylic acids is 1. The number of carboxylic acid groups (broad SMARTS) is 1. The number of aromatic nitrogens is 3. The molecule has 208 valence electrons. The van der Waals surface area contributed by atoms with Crippen LogP contribution in [0.5, 0.6) is 5.75 Å². The third-order valence-electron chi connectivity index (χ3n) is 7.48. The van der Waals surface area contributed by atoms with Crippen molar-refractivity contribution in [3.63, 3.8) is 0 Å². The van der Waals surface area contributed by atoms with Crippen molar-refractivity contribution in [2.45, 2.75) is 45.4 Å². The molecular weight excluding hydrogens is 528 g/mol. The zero-order valence-electron chi connectivity index (χ0n) is 22.2. The number of hydrogen-bond donors (Lipinski definition) is 4. The number of ether oxygens (including phenoxy) is 1. The molecule has 0 saturated carbocycles. The van der Waals surface area contributed by atoms with Crippen molar-refractivity contribution in [3.05, 3.63) is 87.9 Å². The van der Waals surface area contributed by atoms with Gasteiger partial charge in [0.2, 0.25) is 0 Å². The third-order valence-corrected chi connectivity index (χ3v) is 7.48. The number of fused-ring (bicyclic) bond motifs is 3. The highest BCUT2D eigenvalue weighted by atomic mass is 16.5. The summed E-state index contributed by atoms with van der Waals surface area (Å²) in [6.07, 6.45) is 2.18. The Labute approximate surface area is 233 Å². The SMILES string of the molecule is Cc1c(C(=O)O)ccc2c1CC[C@@H]2NC(=O)c1cc(C(=O)NCc2ccc3c(c2)NC(=O)C(C)O3)nc2ccnn12. The molecule has 0 bridgehead atoms. The summed E-state index contributed by atoms with van der Waals surface area (Å²) >= 11 is 0. The minimum atomic E-state index is -0.983. The second-order valence-corrected chi connectivity index (χ2v) is 10.1. The van der Waals surface area contributed by atoms with Crippen LogP contribution in [-0.4, -0.2) is 49.5 Å². The second-order valence-electron chi connectivity index (χ2n) is 10.1. The molecular formula is C29H26N6O6. The van der Waals surface area contributed by atoms with Crippen LogP contribution in [0.2, 0.25) is 0 Å². The number of benzene rings is 2. The van der Waals surface area contributed by atoms with Gasteiger partial charge in [-0.15, -0.1) is 0 Å². The molecule has 0 fully saturated rings. The Bertz CT molecular complexity index is 1760. The van der Waals surface area contributed by atoms with E-state index in [1.165, 1.54) is 16.8 Å². The first-order chi connectivity index (χ1) is 19.7. The van der Waals surface area contributed by atoms with Crippen LogP contribution in [0.3, 0.4) is 0 Å². The fourth-order valence-electron chi connectivity index (χ4n) is 5.32. The topological polar surface area (TPSA) is 164 Å². The molecule has 2 aromatic heterocycles. The number of carboxylic acids is 1. The summed E-state index contributed by atoms with van der Waals surface area (Å²) in [5, 5.41) is 22.2. The first-order valence-electron chi connectivity index (χ1n) is 13.1. The van der Waals surface area contributed by atoms with E-state index < -0.39 is 23.9 Å². The lowest BCUT2D eigenvalue weighted by Gasteiger charge is -2.23. The molecule has 6 rings (SSSR count). The number of nitrogens with one attached hydrogen (secondary N) is 3. The van der Waals surface area contributed by atoms with E-state index in [1.807, 2.05) is 0 Å². The number of carbonyl (C=O) groups excluding carboxylic acids is 3. The van der Waals surface area contributed by atoms with Gasteiger partial charge in [0.25, 0.3) is 17.7 Å². The molecule has 2 atom stereocenters. The monoisotopic (exact) mass is 554 g/mol. The van der Waals surface area contributed by atoms with Crippen LogP contribution in [0, 0.1) is 6.92 Å². The Morgan fingerprint density at radius 2 is 1.98 bits per heavy atom. The molecule has 2 aromatic carbocycles. The van der Waals surface area contributed by atoms with E-state index in [-0.39, 0.29) is 35.4 Å². The first-order valence-corrected chi connectivity index (χ1v) is 13.1. The second kappa shape index (κ2) is 10.0. The van der Waals surface area contributed by atoms with E-state index in [0.717, 1.165) is 16.7 Å². The standard InChI is InChI=1S/C29H26N6O6/c1-14-17-6-7-20(19(17)5-4-18(14)29(39)40)33-28(38)23-12-22(32-25-9-10-31-35(23)25)27(37)30-13-16-3-8-24-21(11-16)34-26(36)15(2)41-24/h3-5,8-12,15,20H,6-7,13H2,1-2H3,(H,30,37)(H,33,38)(H,34,36)(H,39,40)/t15?,20-/m0/s1. The molecule has 1 aliphatic heterocycles. The Morgan fingerprint density at radius 3 is 2.78 bits per heavy atom. The molecule has 4 aromatic rings. The van der Waals surface area contributed by atoms with Crippen molar-refractivity contribution < 1.29 is 29.0 Å². The zero-order chi connectivity index (χ0) is 28.8. The van der Waals surface area contributed by atoms with Gasteiger partial charge in [-0.3, -0.25) is 14.4 Å². The average molecular weight is 555 g/mol. The van der Waals surface area contributed by atoms with Crippen molar-refractivity contribution in [1.82, 2.24) is 25.2 Å². The molecule has 4 N–H and O–H groups in total. The highest BCUT2D eigenvalue weighted by Crippen LogP contribution is 2.35. The Morgan fingerprint density at radius 1 is 1.15 bits per heavy atom. The van der Waals surface area contributed by atoms with E-state index in [9.17, 15) is 24.3 Å². The highest BCUT2D eigenvalue weighted by Gasteiger charge is 2.29. The molecule has 3 heterocycles. The summed E-state index contributed by atoms with van der Waals surface area (Å²) in [7, 11) is 0. The molecule has 1 aliphatic carbocycles. The average Bonchev–Trinajstić information content (AvgIpc) is 3.59. The summed E-state index contributed by atoms with van der Waals surface area (Å²) in [4.78, 5) is 54.4. The predicted octanol–water partition coefficient (Wildman–Crippen LogP) is 2.80. The fraction of sp³-hybridized carbons (Fsp3) is 0.241. The lowest BCUT2D eigenvalue weighted by molar-refractivity contribution is -0.122. The predicted molar refractivity (Wildman–Crippen MR) is 146 cm³/mol. The van der Waals surface area contributed by atoms with Crippen LogP contribution in [-0.2, 0) is 17.8 Å². The smallest absolute Gasteiger partial charge is 0.335 e. The van der Waals surface area contributed by atoms with Gasteiger partial charge < -0.3 is 25.8 Å². The fourth-order valence-corrected chi connectivity index (χ4v) is 5.32. The highest BCUT2D eigenvalue weighted by molar-refractivity contribution is 5.99. The van der Waals surface area contributed by atoms with Gasteiger partial charge in [0.05, 0.1) is 23.5 Å². The van der Waals surface area contributed by atoms with Crippen molar-refractivity contribution in [2.75, 3.05) is 5.32 Å². The quantitative estimate of drug-likeness (QED) is 0.283. The van der Waals surface area contributed by atoms with Crippen molar-refractivity contribution in [2.24, 2.45) is 0 Å². The minimum absolute atomic E-state index is 0.0420. The minimum Gasteiger partial charge on any atom is -0.479 e. The summed E-state index contributed by atoms with van der Waals surface area (Å²) in [6, 6.07) is 11.2. The molecule has 0 radical (unpaired) electrons. The van der Waals surface area contributed by atoms with Crippen LogP contribution < -0.4 is 20.7 Å². The van der Waals surface area contributed by atoms with Crippen LogP contribution >= 0.6 is 0 Å². The van der Waals surface area contributed by atoms with Crippen molar-refractivity contribution in [1.29, 1.82) is 0 Å². The molecule has 12 heteroatoms. The lowest BCUT2D eigenvalue weighted by Crippen LogP contribution is -2.34. The molecule has 0 spiro atoms. The zero-order valence-corrected chi connectivity index (χ0v) is 22.2. The summed E-state index contributed by atoms with van der Waals surface area (Å²) in [5.41, 5.74) is 4.54. The Hall–Kier alpha value is -5.26. The van der Waals surface area contributed by atoms with Crippen LogP contribution in [0.4, 0.5) is 5.69 Å². The number of nitrogens with zero attached hydrogens (tertiary/aromatic N) is 3. The lowest BCUT2D eigenvalue weighted by atomic mass is 9.98. The van der Waals surface area contributed by atoms with E-state index in [2.05, 4.69) is 26.0 Å². The molecule has 1 unspecified atom stereocenters. The largest absolute Gasteiger partial charge is 0.479 e. The first kappa shape index (κ1) is 26.0. The van der Waals surface area contributed by atoms with E-state index in [0.29, 0.717) is 35.5 Å². The Kier molecular flexibility index (Phi) is 6.37. The van der Waals surface area contributed by atoms with Gasteiger partial charge in [-0.1, -0.05) is 12.1 Å². The molecule has 3 amide bonds. The van der Waals surface area contributed by atoms with Gasteiger partial charge in [-0.2, -0.15) is 5.10 Å². The molecule has 2 aliphatic rings. The number of amides is 3. The van der Waals surface area contributed by atoms with Crippen LogP contribution in [0.25, 0.3) is 5.65 Å². The van der Waals surface area contributed by atoms with Crippen LogP contribution in [0.1, 0.15) is 73.0 Å². The van der Waals surface area contributed by atoms with E-state index >= 15 is 0 Å². The third kappa shape index (κ3) is 4.73. The van der Waals surface area contributed by atoms with Gasteiger partial charge in [-0.05, 0) is 67.1 Å². The maximum Gasteiger partial charge on any atom is 0.335 e. The number of rotatable bonds is 6. The van der Waals surface area contributed by atoms with Gasteiger partial charge in [0, 0.05) is 18.7 Å². The summed E-state index contributed by atoms with van der Waals surface area (Å²) < 4.78 is 6.94. The van der Waals surface area contributed by atoms with Crippen molar-refractivity contribution >= 4 is 35.0 Å². The normalized spacial score (nSPS) is 17.3. The Balaban J connectivity index is 1.20. The maximum atomic E-state index is 13.5. The van der Waals surface area contributed by atoms with E-state index in [4.69, 9.17) is 4.74 Å². The van der Waals surface area contributed by atoms with Crippen molar-refractivity contribution in [3.8, 4) is 5.75 Å². The van der Waals surface area contributed by atoms with Gasteiger partial charge in [0.1, 0.15) is 17.1 Å². The van der Waals surface area contributed by atoms with E-state index in [1.54, 1.807) is 50.2 Å². The maximum absolute atomic E-state index is 13.5. The van der Waals surface area contributed by atoms with Gasteiger partial charge in [-0.25, -0.2) is 14.3 Å². The number of carbonyl (C=O) groups is 4. The van der Waals surface area contributed by atoms with Gasteiger partial charge in [0.15, 0.2) is 11.8 Å².